The fourth-order valence-corrected chi connectivity index (χ4v) is 0.991. The molecule has 4 nitrogen and oxygen atoms in total. The maximum Gasteiger partial charge on any atom is 0.234 e. The minimum absolute atomic E-state index is 0.0494. The van der Waals surface area contributed by atoms with Crippen LogP contribution in [0.5, 0.6) is 0 Å². The molecule has 1 rings (SSSR count). The molecule has 0 aromatic rings. The van der Waals surface area contributed by atoms with Gasteiger partial charge in [0.05, 0.1) is 19.2 Å². The van der Waals surface area contributed by atoms with Gasteiger partial charge in [0.1, 0.15) is 0 Å². The van der Waals surface area contributed by atoms with E-state index >= 15 is 0 Å². The lowest BCUT2D eigenvalue weighted by Crippen LogP contribution is -2.53. The summed E-state index contributed by atoms with van der Waals surface area (Å²) in [5.41, 5.74) is 0. The van der Waals surface area contributed by atoms with Crippen LogP contribution in [-0.2, 0) is 9.53 Å². The highest BCUT2D eigenvalue weighted by atomic mass is 16.5. The van der Waals surface area contributed by atoms with Gasteiger partial charge in [-0.05, 0) is 0 Å². The first-order valence-electron chi connectivity index (χ1n) is 3.32. The Bertz CT molecular complexity index is 125. The van der Waals surface area contributed by atoms with Crippen molar-refractivity contribution < 1.29 is 9.53 Å². The van der Waals surface area contributed by atoms with Crippen molar-refractivity contribution in [2.75, 3.05) is 26.8 Å². The Balaban J connectivity index is 2.25. The summed E-state index contributed by atoms with van der Waals surface area (Å²) in [6.07, 6.45) is 0. The van der Waals surface area contributed by atoms with Crippen LogP contribution in [0.15, 0.2) is 0 Å². The lowest BCUT2D eigenvalue weighted by atomic mass is 10.2. The average molecular weight is 144 g/mol. The van der Waals surface area contributed by atoms with E-state index in [1.54, 1.807) is 7.11 Å². The molecule has 0 aliphatic carbocycles. The third-order valence-electron chi connectivity index (χ3n) is 1.41. The highest BCUT2D eigenvalue weighted by Gasteiger charge is 2.16. The number of carbonyl (C=O) groups is 1. The third kappa shape index (κ3) is 1.97. The number of amides is 1. The van der Waals surface area contributed by atoms with E-state index < -0.39 is 0 Å². The molecule has 2 N–H and O–H groups in total. The van der Waals surface area contributed by atoms with Crippen molar-refractivity contribution in [2.45, 2.75) is 6.04 Å². The fourth-order valence-electron chi connectivity index (χ4n) is 0.991. The Morgan fingerprint density at radius 3 is 3.20 bits per heavy atom. The van der Waals surface area contributed by atoms with Crippen LogP contribution in [0.1, 0.15) is 0 Å². The second-order valence-electron chi connectivity index (χ2n) is 2.35. The van der Waals surface area contributed by atoms with Gasteiger partial charge in [0, 0.05) is 13.7 Å². The molecule has 10 heavy (non-hydrogen) atoms. The van der Waals surface area contributed by atoms with Crippen molar-refractivity contribution in [1.29, 1.82) is 0 Å². The quantitative estimate of drug-likeness (QED) is 0.507. The molecule has 0 aromatic heterocycles. The van der Waals surface area contributed by atoms with Crippen LogP contribution >= 0.6 is 0 Å². The number of piperazine rings is 1. The van der Waals surface area contributed by atoms with Crippen LogP contribution in [0.2, 0.25) is 0 Å². The minimum atomic E-state index is 0.0494. The molecule has 1 fully saturated rings. The monoisotopic (exact) mass is 144 g/mol. The zero-order chi connectivity index (χ0) is 7.40. The standard InChI is InChI=1S/C6H12N2O2/c1-10-4-5-2-7-3-6(9)8-5/h5,7H,2-4H2,1H3,(H,8,9). The number of carbonyl (C=O) groups excluding carboxylic acids is 1. The maximum absolute atomic E-state index is 10.7. The van der Waals surface area contributed by atoms with Gasteiger partial charge in [-0.3, -0.25) is 4.79 Å². The Labute approximate surface area is 59.9 Å². The number of methoxy groups -OCH3 is 1. The summed E-state index contributed by atoms with van der Waals surface area (Å²) in [7, 11) is 1.63. The van der Waals surface area contributed by atoms with Crippen LogP contribution in [-0.4, -0.2) is 38.8 Å². The SMILES string of the molecule is COCC1CNCC(=O)N1. The zero-order valence-corrected chi connectivity index (χ0v) is 6.02. The molecule has 0 bridgehead atoms. The third-order valence-corrected chi connectivity index (χ3v) is 1.41. The molecular weight excluding hydrogens is 132 g/mol. The van der Waals surface area contributed by atoms with E-state index in [0.29, 0.717) is 13.2 Å². The highest BCUT2D eigenvalue weighted by molar-refractivity contribution is 5.79. The summed E-state index contributed by atoms with van der Waals surface area (Å²) < 4.78 is 4.87. The predicted molar refractivity (Wildman–Crippen MR) is 36.7 cm³/mol. The second kappa shape index (κ2) is 3.53. The summed E-state index contributed by atoms with van der Waals surface area (Å²) >= 11 is 0. The van der Waals surface area contributed by atoms with Crippen molar-refractivity contribution in [3.63, 3.8) is 0 Å². The summed E-state index contributed by atoms with van der Waals surface area (Å²) in [5, 5.41) is 5.77. The Kier molecular flexibility index (Phi) is 2.65. The summed E-state index contributed by atoms with van der Waals surface area (Å²) in [6, 6.07) is 0.145. The zero-order valence-electron chi connectivity index (χ0n) is 6.02. The molecule has 58 valence electrons. The molecule has 1 unspecified atom stereocenters. The van der Waals surface area contributed by atoms with E-state index in [4.69, 9.17) is 4.74 Å². The number of hydrogen-bond acceptors (Lipinski definition) is 3. The van der Waals surface area contributed by atoms with E-state index in [2.05, 4.69) is 10.6 Å². The van der Waals surface area contributed by atoms with E-state index in [-0.39, 0.29) is 11.9 Å². The fraction of sp³-hybridized carbons (Fsp3) is 0.833. The summed E-state index contributed by atoms with van der Waals surface area (Å²) in [5.74, 6) is 0.0494. The molecular formula is C6H12N2O2. The van der Waals surface area contributed by atoms with Gasteiger partial charge < -0.3 is 15.4 Å². The topological polar surface area (TPSA) is 50.4 Å². The Hall–Kier alpha value is -0.610. The molecule has 1 aliphatic heterocycles. The van der Waals surface area contributed by atoms with Crippen molar-refractivity contribution in [2.24, 2.45) is 0 Å². The highest BCUT2D eigenvalue weighted by Crippen LogP contribution is 1.87. The van der Waals surface area contributed by atoms with Gasteiger partial charge >= 0.3 is 0 Å². The van der Waals surface area contributed by atoms with Gasteiger partial charge in [-0.15, -0.1) is 0 Å². The first-order valence-corrected chi connectivity index (χ1v) is 3.32. The number of nitrogens with one attached hydrogen (secondary N) is 2. The number of ether oxygens (including phenoxy) is 1. The Morgan fingerprint density at radius 2 is 2.60 bits per heavy atom. The van der Waals surface area contributed by atoms with Crippen molar-refractivity contribution in [3.8, 4) is 0 Å². The molecule has 1 heterocycles. The molecule has 0 aromatic carbocycles. The first-order chi connectivity index (χ1) is 4.83. The second-order valence-corrected chi connectivity index (χ2v) is 2.35. The van der Waals surface area contributed by atoms with Crippen molar-refractivity contribution in [1.82, 2.24) is 10.6 Å². The molecule has 0 radical (unpaired) electrons. The van der Waals surface area contributed by atoms with E-state index in [9.17, 15) is 4.79 Å². The number of hydrogen-bond donors (Lipinski definition) is 2. The average Bonchev–Trinajstić information content (AvgIpc) is 1.88. The van der Waals surface area contributed by atoms with E-state index in [0.717, 1.165) is 6.54 Å². The normalized spacial score (nSPS) is 26.1. The van der Waals surface area contributed by atoms with Gasteiger partial charge in [-0.25, -0.2) is 0 Å². The molecule has 0 saturated carbocycles. The lowest BCUT2D eigenvalue weighted by Gasteiger charge is -2.23. The van der Waals surface area contributed by atoms with Gasteiger partial charge in [0.25, 0.3) is 0 Å². The molecule has 1 atom stereocenters. The smallest absolute Gasteiger partial charge is 0.234 e. The molecule has 1 saturated heterocycles. The minimum Gasteiger partial charge on any atom is -0.383 e. The van der Waals surface area contributed by atoms with E-state index in [1.807, 2.05) is 0 Å². The molecule has 4 heteroatoms. The number of rotatable bonds is 2. The summed E-state index contributed by atoms with van der Waals surface area (Å²) in [6.45, 7) is 1.82. The molecule has 1 amide bonds. The molecule has 1 aliphatic rings. The van der Waals surface area contributed by atoms with Gasteiger partial charge in [0.15, 0.2) is 0 Å². The largest absolute Gasteiger partial charge is 0.383 e. The lowest BCUT2D eigenvalue weighted by molar-refractivity contribution is -0.122. The molecule has 0 spiro atoms. The van der Waals surface area contributed by atoms with Crippen LogP contribution < -0.4 is 10.6 Å². The van der Waals surface area contributed by atoms with Crippen LogP contribution in [0.4, 0.5) is 0 Å². The van der Waals surface area contributed by atoms with Gasteiger partial charge in [-0.2, -0.15) is 0 Å². The maximum atomic E-state index is 10.7. The Morgan fingerprint density at radius 1 is 1.80 bits per heavy atom. The van der Waals surface area contributed by atoms with Crippen LogP contribution in [0.25, 0.3) is 0 Å². The van der Waals surface area contributed by atoms with Gasteiger partial charge in [0.2, 0.25) is 5.91 Å². The predicted octanol–water partition coefficient (Wildman–Crippen LogP) is -1.28. The van der Waals surface area contributed by atoms with Crippen LogP contribution in [0, 0.1) is 0 Å². The van der Waals surface area contributed by atoms with Crippen molar-refractivity contribution in [3.05, 3.63) is 0 Å². The van der Waals surface area contributed by atoms with E-state index in [1.165, 1.54) is 0 Å². The van der Waals surface area contributed by atoms with Crippen molar-refractivity contribution >= 4 is 5.91 Å². The summed E-state index contributed by atoms with van der Waals surface area (Å²) in [4.78, 5) is 10.7. The van der Waals surface area contributed by atoms with Gasteiger partial charge in [-0.1, -0.05) is 0 Å². The van der Waals surface area contributed by atoms with Crippen LogP contribution in [0.3, 0.4) is 0 Å². The first kappa shape index (κ1) is 7.50.